The van der Waals surface area contributed by atoms with E-state index in [4.69, 9.17) is 17.3 Å². The molecule has 4 nitrogen and oxygen atoms in total. The summed E-state index contributed by atoms with van der Waals surface area (Å²) in [4.78, 5) is 15.9. The highest BCUT2D eigenvalue weighted by atomic mass is 35.5. The number of anilines is 2. The lowest BCUT2D eigenvalue weighted by molar-refractivity contribution is 0.102. The number of para-hydroxylation sites is 1. The van der Waals surface area contributed by atoms with Gasteiger partial charge in [0.05, 0.1) is 10.6 Å². The first-order chi connectivity index (χ1) is 8.58. The molecule has 1 heterocycles. The second-order valence-corrected chi connectivity index (χ2v) is 4.27. The number of carbonyl (C=O) groups excluding carboxylic acids is 1. The molecule has 0 bridgehead atoms. The first-order valence-electron chi connectivity index (χ1n) is 5.36. The van der Waals surface area contributed by atoms with E-state index < -0.39 is 0 Å². The summed E-state index contributed by atoms with van der Waals surface area (Å²) in [5.74, 6) is -0.0438. The number of nitrogens with zero attached hydrogens (tertiary/aromatic N) is 1. The number of nitrogens with one attached hydrogen (secondary N) is 1. The van der Waals surface area contributed by atoms with Gasteiger partial charge in [-0.05, 0) is 24.6 Å². The van der Waals surface area contributed by atoms with Crippen LogP contribution in [0.1, 0.15) is 15.9 Å². The van der Waals surface area contributed by atoms with Crippen molar-refractivity contribution in [2.75, 3.05) is 11.1 Å². The predicted molar refractivity (Wildman–Crippen MR) is 72.8 cm³/mol. The Kier molecular flexibility index (Phi) is 3.48. The number of halogens is 1. The van der Waals surface area contributed by atoms with Crippen LogP contribution in [0.4, 0.5) is 11.5 Å². The highest BCUT2D eigenvalue weighted by molar-refractivity contribution is 6.34. The quantitative estimate of drug-likeness (QED) is 0.873. The molecule has 0 fully saturated rings. The summed E-state index contributed by atoms with van der Waals surface area (Å²) in [7, 11) is 0. The number of carbonyl (C=O) groups is 1. The van der Waals surface area contributed by atoms with Crippen LogP contribution in [0, 0.1) is 6.92 Å². The number of pyridine rings is 1. The van der Waals surface area contributed by atoms with Crippen LogP contribution in [0.3, 0.4) is 0 Å². The lowest BCUT2D eigenvalue weighted by Gasteiger charge is -2.09. The van der Waals surface area contributed by atoms with E-state index in [1.807, 2.05) is 31.2 Å². The van der Waals surface area contributed by atoms with Crippen molar-refractivity contribution in [3.63, 3.8) is 0 Å². The van der Waals surface area contributed by atoms with E-state index >= 15 is 0 Å². The monoisotopic (exact) mass is 261 g/mol. The van der Waals surface area contributed by atoms with Crippen molar-refractivity contribution in [1.29, 1.82) is 0 Å². The average molecular weight is 262 g/mol. The molecule has 0 radical (unpaired) electrons. The minimum absolute atomic E-state index is 0.259. The highest BCUT2D eigenvalue weighted by Gasteiger charge is 2.12. The molecule has 1 aromatic carbocycles. The number of amides is 1. The normalized spacial score (nSPS) is 10.1. The minimum atomic E-state index is -0.302. The standard InChI is InChI=1S/C13H12ClN3O/c1-8-4-2-3-5-11(8)17-13(18)9-6-12(15)16-7-10(9)14/h2-7H,1H3,(H2,15,16)(H,17,18). The molecule has 0 aliphatic carbocycles. The summed E-state index contributed by atoms with van der Waals surface area (Å²) in [5.41, 5.74) is 7.57. The van der Waals surface area contributed by atoms with E-state index in [0.29, 0.717) is 5.56 Å². The number of benzene rings is 1. The largest absolute Gasteiger partial charge is 0.384 e. The number of rotatable bonds is 2. The predicted octanol–water partition coefficient (Wildman–Crippen LogP) is 2.88. The molecule has 5 heteroatoms. The van der Waals surface area contributed by atoms with Gasteiger partial charge in [0.15, 0.2) is 0 Å². The molecule has 0 atom stereocenters. The van der Waals surface area contributed by atoms with Crippen molar-refractivity contribution in [3.05, 3.63) is 52.7 Å². The third-order valence-electron chi connectivity index (χ3n) is 2.51. The second-order valence-electron chi connectivity index (χ2n) is 3.86. The molecule has 1 amide bonds. The number of hydrogen-bond donors (Lipinski definition) is 2. The van der Waals surface area contributed by atoms with E-state index in [0.717, 1.165) is 11.3 Å². The fourth-order valence-corrected chi connectivity index (χ4v) is 1.72. The Bertz CT molecular complexity index is 599. The molecule has 2 rings (SSSR count). The molecule has 92 valence electrons. The van der Waals surface area contributed by atoms with Gasteiger partial charge in [-0.2, -0.15) is 0 Å². The smallest absolute Gasteiger partial charge is 0.257 e. The molecule has 0 spiro atoms. The van der Waals surface area contributed by atoms with Crippen LogP contribution < -0.4 is 11.1 Å². The molecule has 0 saturated carbocycles. The fraction of sp³-hybridized carbons (Fsp3) is 0.0769. The summed E-state index contributed by atoms with van der Waals surface area (Å²) in [6.07, 6.45) is 1.36. The average Bonchev–Trinajstić information content (AvgIpc) is 2.35. The summed E-state index contributed by atoms with van der Waals surface area (Å²) in [6.45, 7) is 1.91. The van der Waals surface area contributed by atoms with Crippen molar-refractivity contribution in [2.45, 2.75) is 6.92 Å². The Morgan fingerprint density at radius 1 is 1.39 bits per heavy atom. The third kappa shape index (κ3) is 2.60. The topological polar surface area (TPSA) is 68.0 Å². The summed E-state index contributed by atoms with van der Waals surface area (Å²) < 4.78 is 0. The lowest BCUT2D eigenvalue weighted by atomic mass is 10.2. The molecule has 3 N–H and O–H groups in total. The molecule has 0 aliphatic rings. The Morgan fingerprint density at radius 3 is 2.83 bits per heavy atom. The third-order valence-corrected chi connectivity index (χ3v) is 2.82. The number of hydrogen-bond acceptors (Lipinski definition) is 3. The van der Waals surface area contributed by atoms with E-state index in [9.17, 15) is 4.79 Å². The Hall–Kier alpha value is -2.07. The maximum Gasteiger partial charge on any atom is 0.257 e. The van der Waals surface area contributed by atoms with E-state index in [-0.39, 0.29) is 16.7 Å². The van der Waals surface area contributed by atoms with Crippen LogP contribution in [0.15, 0.2) is 36.5 Å². The van der Waals surface area contributed by atoms with Crippen LogP contribution in [0.25, 0.3) is 0 Å². The first-order valence-corrected chi connectivity index (χ1v) is 5.73. The fourth-order valence-electron chi connectivity index (χ4n) is 1.53. The van der Waals surface area contributed by atoms with Gasteiger partial charge in [0.1, 0.15) is 5.82 Å². The Morgan fingerprint density at radius 2 is 2.11 bits per heavy atom. The number of nitrogen functional groups attached to an aromatic ring is 1. The number of nitrogens with two attached hydrogens (primary N) is 1. The molecule has 0 saturated heterocycles. The van der Waals surface area contributed by atoms with Crippen LogP contribution in [-0.4, -0.2) is 10.9 Å². The van der Waals surface area contributed by atoms with Gasteiger partial charge >= 0.3 is 0 Å². The maximum atomic E-state index is 12.1. The van der Waals surface area contributed by atoms with Crippen molar-refractivity contribution in [3.8, 4) is 0 Å². The van der Waals surface area contributed by atoms with Crippen LogP contribution in [-0.2, 0) is 0 Å². The Balaban J connectivity index is 2.28. The van der Waals surface area contributed by atoms with Gasteiger partial charge in [0.2, 0.25) is 0 Å². The maximum absolute atomic E-state index is 12.1. The molecule has 2 aromatic rings. The van der Waals surface area contributed by atoms with Gasteiger partial charge in [0, 0.05) is 11.9 Å². The van der Waals surface area contributed by atoms with Crippen LogP contribution in [0.5, 0.6) is 0 Å². The van der Waals surface area contributed by atoms with E-state index in [1.165, 1.54) is 12.3 Å². The van der Waals surface area contributed by atoms with E-state index in [1.54, 1.807) is 0 Å². The molecular weight excluding hydrogens is 250 g/mol. The van der Waals surface area contributed by atoms with Gasteiger partial charge in [-0.25, -0.2) is 4.98 Å². The number of aryl methyl sites for hydroxylation is 1. The van der Waals surface area contributed by atoms with Crippen molar-refractivity contribution >= 4 is 29.0 Å². The van der Waals surface area contributed by atoms with Gasteiger partial charge in [0.25, 0.3) is 5.91 Å². The number of aromatic nitrogens is 1. The zero-order chi connectivity index (χ0) is 13.1. The summed E-state index contributed by atoms with van der Waals surface area (Å²) in [6, 6.07) is 8.95. The first kappa shape index (κ1) is 12.4. The molecular formula is C13H12ClN3O. The van der Waals surface area contributed by atoms with Crippen LogP contribution in [0.2, 0.25) is 5.02 Å². The SMILES string of the molecule is Cc1ccccc1NC(=O)c1cc(N)ncc1Cl. The van der Waals surface area contributed by atoms with Crippen molar-refractivity contribution < 1.29 is 4.79 Å². The Labute approximate surface area is 110 Å². The van der Waals surface area contributed by atoms with Gasteiger partial charge in [-0.3, -0.25) is 4.79 Å². The zero-order valence-electron chi connectivity index (χ0n) is 9.77. The van der Waals surface area contributed by atoms with Crippen molar-refractivity contribution in [2.24, 2.45) is 0 Å². The van der Waals surface area contributed by atoms with Gasteiger partial charge in [-0.1, -0.05) is 29.8 Å². The minimum Gasteiger partial charge on any atom is -0.384 e. The van der Waals surface area contributed by atoms with Gasteiger partial charge in [-0.15, -0.1) is 0 Å². The lowest BCUT2D eigenvalue weighted by Crippen LogP contribution is -2.14. The summed E-state index contributed by atoms with van der Waals surface area (Å²) >= 11 is 5.92. The molecule has 1 aromatic heterocycles. The van der Waals surface area contributed by atoms with E-state index in [2.05, 4.69) is 10.3 Å². The molecule has 0 aliphatic heterocycles. The second kappa shape index (κ2) is 5.06. The van der Waals surface area contributed by atoms with Gasteiger partial charge < -0.3 is 11.1 Å². The molecule has 18 heavy (non-hydrogen) atoms. The van der Waals surface area contributed by atoms with Crippen LogP contribution >= 0.6 is 11.6 Å². The molecule has 0 unspecified atom stereocenters. The zero-order valence-corrected chi connectivity index (χ0v) is 10.5. The summed E-state index contributed by atoms with van der Waals surface area (Å²) in [5, 5.41) is 3.06. The van der Waals surface area contributed by atoms with Crippen molar-refractivity contribution in [1.82, 2.24) is 4.98 Å². The highest BCUT2D eigenvalue weighted by Crippen LogP contribution is 2.20.